The molecule has 0 heterocycles. The Kier molecular flexibility index (Phi) is 12.4. The highest BCUT2D eigenvalue weighted by molar-refractivity contribution is 7.73. The van der Waals surface area contributed by atoms with Crippen LogP contribution in [0.4, 0.5) is 0 Å². The van der Waals surface area contributed by atoms with Gasteiger partial charge in [-0.25, -0.2) is 0 Å². The Morgan fingerprint density at radius 2 is 1.75 bits per heavy atom. The highest BCUT2D eigenvalue weighted by Crippen LogP contribution is 2.63. The van der Waals surface area contributed by atoms with Gasteiger partial charge in [-0.15, -0.1) is 0 Å². The number of ether oxygens (including phenoxy) is 1. The van der Waals surface area contributed by atoms with Crippen molar-refractivity contribution in [3.63, 3.8) is 0 Å². The molecule has 0 saturated heterocycles. The normalized spacial score (nSPS) is 14.5. The van der Waals surface area contributed by atoms with Crippen LogP contribution in [0.5, 0.6) is 0 Å². The number of rotatable bonds is 14. The van der Waals surface area contributed by atoms with Crippen LogP contribution in [0.25, 0.3) is 6.08 Å². The van der Waals surface area contributed by atoms with E-state index in [0.29, 0.717) is 0 Å². The van der Waals surface area contributed by atoms with E-state index in [0.717, 1.165) is 29.5 Å². The van der Waals surface area contributed by atoms with Crippen LogP contribution < -0.4 is 0 Å². The largest absolute Gasteiger partial charge is 0.367 e. The van der Waals surface area contributed by atoms with Crippen molar-refractivity contribution in [2.45, 2.75) is 67.1 Å². The maximum atomic E-state index is 13.2. The highest BCUT2D eigenvalue weighted by atomic mass is 31.2. The van der Waals surface area contributed by atoms with Gasteiger partial charge in [0.05, 0.1) is 12.7 Å². The Bertz CT molecular complexity index is 876. The summed E-state index contributed by atoms with van der Waals surface area (Å²) in [5.74, 6) is -0.320. The standard InChI is InChI=1S/C24H40O6P2/c1-19(2)10-9-11-21(5)14-23-12-13-24(22(6)15-23)16-29-17-31(25,30-20(3)4)18-32(26,27-7)28-8/h10,12-15,20H,9,11,16-18H2,1-8H3/b21-14+. The molecule has 0 aromatic heterocycles. The van der Waals surface area contributed by atoms with Gasteiger partial charge >= 0.3 is 7.60 Å². The molecule has 0 aliphatic heterocycles. The highest BCUT2D eigenvalue weighted by Gasteiger charge is 2.37. The first kappa shape index (κ1) is 29.0. The van der Waals surface area contributed by atoms with Crippen LogP contribution in [-0.2, 0) is 34.0 Å². The molecular weight excluding hydrogens is 446 g/mol. The van der Waals surface area contributed by atoms with E-state index in [1.54, 1.807) is 13.8 Å². The van der Waals surface area contributed by atoms with E-state index >= 15 is 0 Å². The van der Waals surface area contributed by atoms with Gasteiger partial charge in [0.15, 0.2) is 0 Å². The molecule has 6 nitrogen and oxygen atoms in total. The Morgan fingerprint density at radius 1 is 1.09 bits per heavy atom. The minimum atomic E-state index is -3.49. The smallest absolute Gasteiger partial charge is 0.339 e. The second-order valence-corrected chi connectivity index (χ2v) is 13.7. The molecule has 0 saturated carbocycles. The van der Waals surface area contributed by atoms with Crippen molar-refractivity contribution in [3.05, 3.63) is 52.1 Å². The Morgan fingerprint density at radius 3 is 2.28 bits per heavy atom. The molecule has 0 bridgehead atoms. The summed E-state index contributed by atoms with van der Waals surface area (Å²) in [5, 5.41) is 0. The summed E-state index contributed by atoms with van der Waals surface area (Å²) in [6, 6.07) is 6.20. The molecule has 182 valence electrons. The first-order valence-corrected chi connectivity index (χ1v) is 14.6. The average molecular weight is 487 g/mol. The minimum absolute atomic E-state index is 0.160. The van der Waals surface area contributed by atoms with E-state index in [-0.39, 0.29) is 25.0 Å². The summed E-state index contributed by atoms with van der Waals surface area (Å²) in [6.45, 7) is 12.2. The Labute approximate surface area is 194 Å². The van der Waals surface area contributed by atoms with E-state index in [4.69, 9.17) is 18.3 Å². The fourth-order valence-corrected chi connectivity index (χ4v) is 8.13. The molecule has 0 N–H and O–H groups in total. The summed E-state index contributed by atoms with van der Waals surface area (Å²) >= 11 is 0. The van der Waals surface area contributed by atoms with Gasteiger partial charge in [-0.05, 0) is 71.1 Å². The molecule has 0 spiro atoms. The number of aryl methyl sites for hydroxylation is 1. The molecule has 0 aliphatic carbocycles. The molecule has 1 aromatic carbocycles. The van der Waals surface area contributed by atoms with Crippen LogP contribution in [-0.4, -0.2) is 32.6 Å². The Hall–Kier alpha value is -1.00. The zero-order valence-electron chi connectivity index (χ0n) is 20.8. The third-order valence-electron chi connectivity index (χ3n) is 4.76. The first-order chi connectivity index (χ1) is 14.9. The van der Waals surface area contributed by atoms with Gasteiger partial charge in [-0.1, -0.05) is 41.5 Å². The van der Waals surface area contributed by atoms with Crippen molar-refractivity contribution < 1.29 is 27.4 Å². The van der Waals surface area contributed by atoms with E-state index in [1.807, 2.05) is 13.0 Å². The molecule has 0 aliphatic rings. The van der Waals surface area contributed by atoms with Crippen molar-refractivity contribution in [2.24, 2.45) is 0 Å². The van der Waals surface area contributed by atoms with Crippen molar-refractivity contribution in [2.75, 3.05) is 26.5 Å². The third kappa shape index (κ3) is 10.7. The molecular formula is C24H40O6P2. The lowest BCUT2D eigenvalue weighted by atomic mass is 10.0. The monoisotopic (exact) mass is 486 g/mol. The molecule has 8 heteroatoms. The second kappa shape index (κ2) is 13.6. The van der Waals surface area contributed by atoms with Crippen LogP contribution in [0.3, 0.4) is 0 Å². The molecule has 1 rings (SSSR count). The van der Waals surface area contributed by atoms with E-state index in [1.165, 1.54) is 25.4 Å². The predicted molar refractivity (Wildman–Crippen MR) is 133 cm³/mol. The fraction of sp³-hybridized carbons (Fsp3) is 0.583. The number of hydrogen-bond donors (Lipinski definition) is 0. The summed E-state index contributed by atoms with van der Waals surface area (Å²) in [6.07, 6.45) is 6.07. The van der Waals surface area contributed by atoms with Gasteiger partial charge in [0.25, 0.3) is 0 Å². The van der Waals surface area contributed by atoms with Crippen LogP contribution >= 0.6 is 15.0 Å². The van der Waals surface area contributed by atoms with Crippen LogP contribution in [0.1, 0.15) is 64.2 Å². The van der Waals surface area contributed by atoms with E-state index in [9.17, 15) is 9.13 Å². The van der Waals surface area contributed by atoms with Crippen molar-refractivity contribution in [1.82, 2.24) is 0 Å². The van der Waals surface area contributed by atoms with Crippen LogP contribution in [0.2, 0.25) is 0 Å². The van der Waals surface area contributed by atoms with Crippen molar-refractivity contribution in [3.8, 4) is 0 Å². The van der Waals surface area contributed by atoms with Crippen molar-refractivity contribution in [1.29, 1.82) is 0 Å². The molecule has 0 fully saturated rings. The zero-order valence-corrected chi connectivity index (χ0v) is 22.6. The minimum Gasteiger partial charge on any atom is -0.367 e. The third-order valence-corrected chi connectivity index (χ3v) is 10.4. The molecule has 1 unspecified atom stereocenters. The topological polar surface area (TPSA) is 71.1 Å². The molecule has 0 amide bonds. The molecule has 32 heavy (non-hydrogen) atoms. The summed E-state index contributed by atoms with van der Waals surface area (Å²) in [5.41, 5.74) is 5.92. The number of allylic oxidation sites excluding steroid dienone is 3. The number of hydrogen-bond acceptors (Lipinski definition) is 6. The quantitative estimate of drug-likeness (QED) is 0.198. The fourth-order valence-electron chi connectivity index (χ4n) is 3.15. The van der Waals surface area contributed by atoms with E-state index < -0.39 is 15.0 Å². The molecule has 1 aromatic rings. The second-order valence-electron chi connectivity index (χ2n) is 8.56. The van der Waals surface area contributed by atoms with Crippen LogP contribution in [0, 0.1) is 6.92 Å². The lowest BCUT2D eigenvalue weighted by Gasteiger charge is -2.24. The van der Waals surface area contributed by atoms with Gasteiger partial charge in [0, 0.05) is 14.2 Å². The lowest BCUT2D eigenvalue weighted by Crippen LogP contribution is -2.10. The van der Waals surface area contributed by atoms with Gasteiger partial charge in [0.2, 0.25) is 7.37 Å². The van der Waals surface area contributed by atoms with Crippen LogP contribution in [0.15, 0.2) is 35.4 Å². The summed E-state index contributed by atoms with van der Waals surface area (Å²) in [7, 11) is -4.33. The van der Waals surface area contributed by atoms with E-state index in [2.05, 4.69) is 45.1 Å². The molecule has 0 radical (unpaired) electrons. The van der Waals surface area contributed by atoms with Gasteiger partial charge in [-0.3, -0.25) is 9.13 Å². The van der Waals surface area contributed by atoms with Gasteiger partial charge in [-0.2, -0.15) is 0 Å². The first-order valence-electron chi connectivity index (χ1n) is 10.9. The lowest BCUT2D eigenvalue weighted by molar-refractivity contribution is 0.141. The SMILES string of the molecule is COP(=O)(CP(=O)(COCc1ccc(/C=C(\C)CCC=C(C)C)cc1C)OC(C)C)OC. The Balaban J connectivity index is 2.80. The average Bonchev–Trinajstić information content (AvgIpc) is 2.68. The summed E-state index contributed by atoms with van der Waals surface area (Å²) < 4.78 is 47.0. The van der Waals surface area contributed by atoms with Gasteiger partial charge < -0.3 is 18.3 Å². The van der Waals surface area contributed by atoms with Gasteiger partial charge in [0.1, 0.15) is 12.3 Å². The van der Waals surface area contributed by atoms with Crippen molar-refractivity contribution >= 4 is 21.0 Å². The molecule has 1 atom stereocenters. The zero-order chi connectivity index (χ0) is 24.4. The maximum absolute atomic E-state index is 13.2. The number of benzene rings is 1. The summed E-state index contributed by atoms with van der Waals surface area (Å²) in [4.78, 5) is 0. The predicted octanol–water partition coefficient (Wildman–Crippen LogP) is 7.77. The maximum Gasteiger partial charge on any atom is 0.339 e.